The van der Waals surface area contributed by atoms with Gasteiger partial charge >= 0.3 is 0 Å². The zero-order valence-corrected chi connectivity index (χ0v) is 14.5. The van der Waals surface area contributed by atoms with Gasteiger partial charge in [-0.25, -0.2) is 13.1 Å². The number of nitrogens with zero attached hydrogens (tertiary/aromatic N) is 2. The number of hydrogen-bond acceptors (Lipinski definition) is 4. The third kappa shape index (κ3) is 4.28. The lowest BCUT2D eigenvalue weighted by atomic mass is 10.0. The molecule has 0 amide bonds. The summed E-state index contributed by atoms with van der Waals surface area (Å²) in [4.78, 5) is 0.301. The predicted octanol–water partition coefficient (Wildman–Crippen LogP) is 1.56. The van der Waals surface area contributed by atoms with Crippen LogP contribution < -0.4 is 10.5 Å². The number of nitrogens with one attached hydrogen (secondary N) is 1. The molecule has 6 nitrogen and oxygen atoms in total. The summed E-state index contributed by atoms with van der Waals surface area (Å²) in [5.41, 5.74) is 6.71. The van der Waals surface area contributed by atoms with E-state index >= 15 is 0 Å². The monoisotopic (exact) mass is 316 g/mol. The van der Waals surface area contributed by atoms with Crippen LogP contribution in [0, 0.1) is 19.8 Å². The SMILES string of the molecule is CCC(C)C(C)NS(=O)(=O)c1c(C)nn(CCCN)c1C. The molecule has 1 rings (SSSR count). The standard InChI is InChI=1S/C14H28N4O2S/c1-6-10(2)11(3)17-21(19,20)14-12(4)16-18(13(14)5)9-7-8-15/h10-11,17H,6-9,15H2,1-5H3. The topological polar surface area (TPSA) is 90.0 Å². The van der Waals surface area contributed by atoms with Crippen molar-refractivity contribution in [3.05, 3.63) is 11.4 Å². The minimum absolute atomic E-state index is 0.105. The average Bonchev–Trinajstić information content (AvgIpc) is 2.69. The summed E-state index contributed by atoms with van der Waals surface area (Å²) >= 11 is 0. The van der Waals surface area contributed by atoms with Crippen molar-refractivity contribution in [2.75, 3.05) is 6.54 Å². The molecule has 0 aliphatic heterocycles. The smallest absolute Gasteiger partial charge is 0.244 e. The number of aryl methyl sites for hydroxylation is 2. The van der Waals surface area contributed by atoms with Gasteiger partial charge in [0, 0.05) is 12.6 Å². The first-order valence-corrected chi connectivity index (χ1v) is 8.99. The van der Waals surface area contributed by atoms with Gasteiger partial charge in [0.15, 0.2) is 0 Å². The fraction of sp³-hybridized carbons (Fsp3) is 0.786. The van der Waals surface area contributed by atoms with Crippen molar-refractivity contribution in [3.63, 3.8) is 0 Å². The highest BCUT2D eigenvalue weighted by Crippen LogP contribution is 2.21. The van der Waals surface area contributed by atoms with Crippen LogP contribution in [-0.4, -0.2) is 30.8 Å². The van der Waals surface area contributed by atoms with Crippen LogP contribution in [-0.2, 0) is 16.6 Å². The summed E-state index contributed by atoms with van der Waals surface area (Å²) in [6.45, 7) is 10.7. The molecule has 0 aromatic carbocycles. The van der Waals surface area contributed by atoms with Crippen LogP contribution in [0.3, 0.4) is 0 Å². The minimum Gasteiger partial charge on any atom is -0.330 e. The van der Waals surface area contributed by atoms with Crippen molar-refractivity contribution in [2.45, 2.75) is 64.9 Å². The van der Waals surface area contributed by atoms with Gasteiger partial charge in [0.05, 0.1) is 11.4 Å². The molecule has 0 fully saturated rings. The van der Waals surface area contributed by atoms with Crippen LogP contribution in [0.2, 0.25) is 0 Å². The van der Waals surface area contributed by atoms with Crippen molar-refractivity contribution >= 4 is 10.0 Å². The van der Waals surface area contributed by atoms with Gasteiger partial charge in [0.25, 0.3) is 0 Å². The lowest BCUT2D eigenvalue weighted by Crippen LogP contribution is -2.37. The Morgan fingerprint density at radius 1 is 1.33 bits per heavy atom. The van der Waals surface area contributed by atoms with Gasteiger partial charge in [-0.15, -0.1) is 0 Å². The molecule has 1 heterocycles. The molecule has 3 N–H and O–H groups in total. The van der Waals surface area contributed by atoms with E-state index in [1.165, 1.54) is 0 Å². The molecule has 7 heteroatoms. The quantitative estimate of drug-likeness (QED) is 0.761. The number of rotatable bonds is 8. The molecular weight excluding hydrogens is 288 g/mol. The molecule has 0 bridgehead atoms. The highest BCUT2D eigenvalue weighted by molar-refractivity contribution is 7.89. The van der Waals surface area contributed by atoms with E-state index in [4.69, 9.17) is 5.73 Å². The van der Waals surface area contributed by atoms with Crippen molar-refractivity contribution < 1.29 is 8.42 Å². The van der Waals surface area contributed by atoms with Crippen LogP contribution in [0.4, 0.5) is 0 Å². The number of nitrogens with two attached hydrogens (primary N) is 1. The molecule has 1 aromatic heterocycles. The lowest BCUT2D eigenvalue weighted by Gasteiger charge is -2.20. The van der Waals surface area contributed by atoms with Crippen LogP contribution >= 0.6 is 0 Å². The summed E-state index contributed by atoms with van der Waals surface area (Å²) in [5.74, 6) is 0.285. The van der Waals surface area contributed by atoms with E-state index in [0.717, 1.165) is 12.8 Å². The van der Waals surface area contributed by atoms with Crippen LogP contribution in [0.5, 0.6) is 0 Å². The molecule has 0 radical (unpaired) electrons. The normalized spacial score (nSPS) is 15.1. The summed E-state index contributed by atoms with van der Waals surface area (Å²) in [6.07, 6.45) is 1.70. The number of hydrogen-bond donors (Lipinski definition) is 2. The molecular formula is C14H28N4O2S. The van der Waals surface area contributed by atoms with Gasteiger partial charge in [0.2, 0.25) is 10.0 Å². The molecule has 0 aliphatic carbocycles. The second-order valence-corrected chi connectivity index (χ2v) is 7.31. The van der Waals surface area contributed by atoms with Gasteiger partial charge in [-0.2, -0.15) is 5.10 Å². The largest absolute Gasteiger partial charge is 0.330 e. The first-order valence-electron chi connectivity index (χ1n) is 7.51. The van der Waals surface area contributed by atoms with Crippen molar-refractivity contribution in [1.82, 2.24) is 14.5 Å². The first-order chi connectivity index (χ1) is 9.74. The summed E-state index contributed by atoms with van der Waals surface area (Å²) < 4.78 is 29.7. The Labute approximate surface area is 128 Å². The highest BCUT2D eigenvalue weighted by Gasteiger charge is 2.27. The van der Waals surface area contributed by atoms with Crippen LogP contribution in [0.25, 0.3) is 0 Å². The van der Waals surface area contributed by atoms with Gasteiger partial charge in [0.1, 0.15) is 4.90 Å². The van der Waals surface area contributed by atoms with Crippen molar-refractivity contribution in [1.29, 1.82) is 0 Å². The fourth-order valence-electron chi connectivity index (χ4n) is 2.30. The van der Waals surface area contributed by atoms with Crippen molar-refractivity contribution in [2.24, 2.45) is 11.7 Å². The van der Waals surface area contributed by atoms with Crippen LogP contribution in [0.15, 0.2) is 4.90 Å². The fourth-order valence-corrected chi connectivity index (χ4v) is 4.07. The van der Waals surface area contributed by atoms with Gasteiger partial charge < -0.3 is 5.73 Å². The summed E-state index contributed by atoms with van der Waals surface area (Å²) in [7, 11) is -3.54. The molecule has 0 spiro atoms. The lowest BCUT2D eigenvalue weighted by molar-refractivity contribution is 0.433. The number of sulfonamides is 1. The van der Waals surface area contributed by atoms with E-state index in [-0.39, 0.29) is 12.0 Å². The van der Waals surface area contributed by atoms with E-state index in [0.29, 0.717) is 29.4 Å². The van der Waals surface area contributed by atoms with E-state index < -0.39 is 10.0 Å². The molecule has 1 aromatic rings. The van der Waals surface area contributed by atoms with Crippen LogP contribution in [0.1, 0.15) is 45.0 Å². The van der Waals surface area contributed by atoms with Gasteiger partial charge in [-0.3, -0.25) is 4.68 Å². The molecule has 2 unspecified atom stereocenters. The zero-order chi connectivity index (χ0) is 16.2. The minimum atomic E-state index is -3.54. The van der Waals surface area contributed by atoms with E-state index in [1.54, 1.807) is 18.5 Å². The van der Waals surface area contributed by atoms with Gasteiger partial charge in [-0.05, 0) is 39.7 Å². The first kappa shape index (κ1) is 18.1. The molecule has 0 aliphatic rings. The van der Waals surface area contributed by atoms with E-state index in [1.807, 2.05) is 13.8 Å². The second kappa shape index (κ2) is 7.38. The maximum absolute atomic E-state index is 12.6. The third-order valence-corrected chi connectivity index (χ3v) is 5.81. The zero-order valence-electron chi connectivity index (χ0n) is 13.7. The third-order valence-electron chi connectivity index (χ3n) is 4.00. The van der Waals surface area contributed by atoms with E-state index in [2.05, 4.69) is 16.7 Å². The molecule has 0 saturated carbocycles. The highest BCUT2D eigenvalue weighted by atomic mass is 32.2. The summed E-state index contributed by atoms with van der Waals surface area (Å²) in [5, 5.41) is 4.33. The Morgan fingerprint density at radius 3 is 2.48 bits per heavy atom. The Balaban J connectivity index is 3.06. The Kier molecular flexibility index (Phi) is 6.37. The second-order valence-electron chi connectivity index (χ2n) is 5.66. The Hall–Kier alpha value is -0.920. The van der Waals surface area contributed by atoms with Crippen molar-refractivity contribution in [3.8, 4) is 0 Å². The maximum Gasteiger partial charge on any atom is 0.244 e. The average molecular weight is 316 g/mol. The molecule has 0 saturated heterocycles. The Bertz CT molecular complexity index is 566. The number of aromatic nitrogens is 2. The molecule has 122 valence electrons. The Morgan fingerprint density at radius 2 is 1.95 bits per heavy atom. The molecule has 21 heavy (non-hydrogen) atoms. The van der Waals surface area contributed by atoms with E-state index in [9.17, 15) is 8.42 Å². The summed E-state index contributed by atoms with van der Waals surface area (Å²) in [6, 6.07) is -0.105. The maximum atomic E-state index is 12.6. The predicted molar refractivity (Wildman–Crippen MR) is 84.6 cm³/mol. The van der Waals surface area contributed by atoms with Gasteiger partial charge in [-0.1, -0.05) is 20.3 Å². The molecule has 2 atom stereocenters.